The number of amidine groups is 1. The van der Waals surface area contributed by atoms with Gasteiger partial charge in [-0.3, -0.25) is 19.9 Å². The van der Waals surface area contributed by atoms with E-state index in [1.54, 1.807) is 34.1 Å². The van der Waals surface area contributed by atoms with E-state index in [0.29, 0.717) is 29.3 Å². The minimum atomic E-state index is -0.307. The summed E-state index contributed by atoms with van der Waals surface area (Å²) in [6, 6.07) is 20.4. The fourth-order valence-electron chi connectivity index (χ4n) is 4.90. The van der Waals surface area contributed by atoms with Gasteiger partial charge in [-0.2, -0.15) is 0 Å². The smallest absolute Gasteiger partial charge is 0.258 e. The molecule has 0 aromatic heterocycles. The van der Waals surface area contributed by atoms with Gasteiger partial charge in [-0.25, -0.2) is 0 Å². The van der Waals surface area contributed by atoms with Gasteiger partial charge < -0.3 is 16.4 Å². The second-order valence-corrected chi connectivity index (χ2v) is 9.30. The highest BCUT2D eigenvalue weighted by Gasteiger charge is 2.29. The molecule has 3 aromatic carbocycles. The lowest BCUT2D eigenvalue weighted by molar-refractivity contribution is -0.131. The Bertz CT molecular complexity index is 1230. The van der Waals surface area contributed by atoms with E-state index < -0.39 is 0 Å². The van der Waals surface area contributed by atoms with Gasteiger partial charge >= 0.3 is 0 Å². The number of nitrogens with zero attached hydrogens (tertiary/aromatic N) is 2. The van der Waals surface area contributed by atoms with Gasteiger partial charge in [-0.15, -0.1) is 0 Å². The number of nitrogens with two attached hydrogens (primary N) is 2. The van der Waals surface area contributed by atoms with Crippen LogP contribution in [-0.2, 0) is 4.79 Å². The number of likely N-dealkylation sites (N-methyl/N-ethyl adjacent to an activating group) is 1. The van der Waals surface area contributed by atoms with E-state index in [1.807, 2.05) is 49.5 Å². The van der Waals surface area contributed by atoms with Crippen LogP contribution in [0.5, 0.6) is 0 Å². The van der Waals surface area contributed by atoms with E-state index in [0.717, 1.165) is 36.5 Å². The number of carbonyl (C=O) groups excluding carboxylic acids is 2. The SMILES string of the molecule is CN(C(=O)CN(C(=O)c1cccc(C(=N)N)c1)c1cccc2ccccc12)C1CCC(CN)CC1. The molecule has 35 heavy (non-hydrogen) atoms. The van der Waals surface area contributed by atoms with Crippen LogP contribution in [0.1, 0.15) is 41.6 Å². The van der Waals surface area contributed by atoms with Crippen molar-refractivity contribution < 1.29 is 9.59 Å². The van der Waals surface area contributed by atoms with E-state index in [1.165, 1.54) is 0 Å². The molecule has 4 rings (SSSR count). The third-order valence-electron chi connectivity index (χ3n) is 7.11. The van der Waals surface area contributed by atoms with Crippen molar-refractivity contribution in [2.45, 2.75) is 31.7 Å². The molecule has 0 spiro atoms. The third-order valence-corrected chi connectivity index (χ3v) is 7.11. The zero-order valence-corrected chi connectivity index (χ0v) is 20.1. The normalized spacial score (nSPS) is 17.7. The molecule has 2 amide bonds. The first-order valence-corrected chi connectivity index (χ1v) is 12.1. The maximum atomic E-state index is 13.8. The number of amides is 2. The van der Waals surface area contributed by atoms with Gasteiger partial charge in [-0.05, 0) is 61.7 Å². The topological polar surface area (TPSA) is 117 Å². The second-order valence-electron chi connectivity index (χ2n) is 9.30. The Morgan fingerprint density at radius 2 is 1.60 bits per heavy atom. The highest BCUT2D eigenvalue weighted by atomic mass is 16.2. The molecule has 3 aromatic rings. The number of rotatable bonds is 7. The average Bonchev–Trinajstić information content (AvgIpc) is 2.90. The van der Waals surface area contributed by atoms with Crippen LogP contribution in [0.2, 0.25) is 0 Å². The molecule has 1 aliphatic carbocycles. The Kier molecular flexibility index (Phi) is 7.46. The van der Waals surface area contributed by atoms with Crippen molar-refractivity contribution in [3.8, 4) is 0 Å². The lowest BCUT2D eigenvalue weighted by Crippen LogP contribution is -2.46. The summed E-state index contributed by atoms with van der Waals surface area (Å²) in [6.45, 7) is 0.609. The molecule has 1 saturated carbocycles. The highest BCUT2D eigenvalue weighted by molar-refractivity contribution is 6.13. The molecule has 0 heterocycles. The van der Waals surface area contributed by atoms with E-state index in [2.05, 4.69) is 0 Å². The summed E-state index contributed by atoms with van der Waals surface area (Å²) in [4.78, 5) is 30.6. The van der Waals surface area contributed by atoms with Gasteiger partial charge in [0.15, 0.2) is 0 Å². The average molecular weight is 472 g/mol. The Hall–Kier alpha value is -3.71. The number of hydrogen-bond acceptors (Lipinski definition) is 4. The number of anilines is 1. The van der Waals surface area contributed by atoms with E-state index in [9.17, 15) is 9.59 Å². The van der Waals surface area contributed by atoms with Crippen LogP contribution in [0.25, 0.3) is 10.8 Å². The van der Waals surface area contributed by atoms with Gasteiger partial charge in [0, 0.05) is 29.6 Å². The van der Waals surface area contributed by atoms with Crippen LogP contribution < -0.4 is 16.4 Å². The van der Waals surface area contributed by atoms with Crippen molar-refractivity contribution in [2.75, 3.05) is 25.0 Å². The predicted molar refractivity (Wildman–Crippen MR) is 141 cm³/mol. The molecule has 0 aliphatic heterocycles. The minimum absolute atomic E-state index is 0.0789. The molecule has 1 aliphatic rings. The van der Waals surface area contributed by atoms with Crippen molar-refractivity contribution in [3.63, 3.8) is 0 Å². The molecule has 7 nitrogen and oxygen atoms in total. The first-order valence-electron chi connectivity index (χ1n) is 12.1. The summed E-state index contributed by atoms with van der Waals surface area (Å²) >= 11 is 0. The summed E-state index contributed by atoms with van der Waals surface area (Å²) in [7, 11) is 1.83. The maximum Gasteiger partial charge on any atom is 0.258 e. The van der Waals surface area contributed by atoms with Crippen LogP contribution in [0.4, 0.5) is 5.69 Å². The second kappa shape index (κ2) is 10.7. The van der Waals surface area contributed by atoms with Crippen LogP contribution >= 0.6 is 0 Å². The maximum absolute atomic E-state index is 13.8. The van der Waals surface area contributed by atoms with Crippen LogP contribution in [0.15, 0.2) is 66.7 Å². The number of nitrogen functional groups attached to an aromatic ring is 1. The zero-order chi connectivity index (χ0) is 24.9. The molecular weight excluding hydrogens is 438 g/mol. The summed E-state index contributed by atoms with van der Waals surface area (Å²) in [6.07, 6.45) is 3.88. The number of hydrogen-bond donors (Lipinski definition) is 3. The Balaban J connectivity index is 1.67. The summed E-state index contributed by atoms with van der Waals surface area (Å²) in [5.74, 6) is 0.000523. The molecule has 182 valence electrons. The Labute approximate surface area is 206 Å². The quantitative estimate of drug-likeness (QED) is 0.359. The van der Waals surface area contributed by atoms with Gasteiger partial charge in [0.1, 0.15) is 12.4 Å². The van der Waals surface area contributed by atoms with Crippen molar-refractivity contribution >= 4 is 34.1 Å². The largest absolute Gasteiger partial charge is 0.384 e. The number of nitrogens with one attached hydrogen (secondary N) is 1. The van der Waals surface area contributed by atoms with E-state index >= 15 is 0 Å². The first kappa shape index (κ1) is 24.4. The molecule has 0 radical (unpaired) electrons. The van der Waals surface area contributed by atoms with Crippen molar-refractivity contribution in [1.82, 2.24) is 4.90 Å². The highest BCUT2D eigenvalue weighted by Crippen LogP contribution is 2.30. The summed E-state index contributed by atoms with van der Waals surface area (Å²) in [5, 5.41) is 9.63. The standard InChI is InChI=1S/C28H33N5O2/c1-32(23-14-12-19(17-29)13-15-23)26(34)18-33(25-11-5-7-20-6-2-3-10-24(20)25)28(35)22-9-4-8-21(16-22)27(30)31/h2-11,16,19,23H,12-15,17-18,29H2,1H3,(H3,30,31). The third kappa shape index (κ3) is 5.35. The van der Waals surface area contributed by atoms with E-state index in [4.69, 9.17) is 16.9 Å². The first-order chi connectivity index (χ1) is 16.9. The van der Waals surface area contributed by atoms with Crippen molar-refractivity contribution in [2.24, 2.45) is 17.4 Å². The lowest BCUT2D eigenvalue weighted by atomic mass is 9.85. The minimum Gasteiger partial charge on any atom is -0.384 e. The Morgan fingerprint density at radius 1 is 0.943 bits per heavy atom. The van der Waals surface area contributed by atoms with Gasteiger partial charge in [0.2, 0.25) is 5.91 Å². The molecule has 0 unspecified atom stereocenters. The Morgan fingerprint density at radius 3 is 2.31 bits per heavy atom. The molecule has 0 saturated heterocycles. The van der Waals surface area contributed by atoms with Gasteiger partial charge in [0.25, 0.3) is 5.91 Å². The molecular formula is C28H33N5O2. The predicted octanol–water partition coefficient (Wildman–Crippen LogP) is 3.75. The van der Waals surface area contributed by atoms with Crippen LogP contribution in [0.3, 0.4) is 0 Å². The van der Waals surface area contributed by atoms with Crippen LogP contribution in [-0.4, -0.2) is 48.7 Å². The number of fused-ring (bicyclic) bond motifs is 1. The number of carbonyl (C=O) groups is 2. The van der Waals surface area contributed by atoms with Crippen molar-refractivity contribution in [3.05, 3.63) is 77.9 Å². The number of benzene rings is 3. The fourth-order valence-corrected chi connectivity index (χ4v) is 4.90. The molecule has 5 N–H and O–H groups in total. The zero-order valence-electron chi connectivity index (χ0n) is 20.1. The monoisotopic (exact) mass is 471 g/mol. The molecule has 7 heteroatoms. The van der Waals surface area contributed by atoms with Crippen molar-refractivity contribution in [1.29, 1.82) is 5.41 Å². The molecule has 0 bridgehead atoms. The fraction of sp³-hybridized carbons (Fsp3) is 0.321. The van der Waals surface area contributed by atoms with Crippen LogP contribution in [0, 0.1) is 11.3 Å². The summed E-state index contributed by atoms with van der Waals surface area (Å²) in [5.41, 5.74) is 13.0. The molecule has 1 fully saturated rings. The van der Waals surface area contributed by atoms with Gasteiger partial charge in [-0.1, -0.05) is 48.5 Å². The summed E-state index contributed by atoms with van der Waals surface area (Å²) < 4.78 is 0. The lowest BCUT2D eigenvalue weighted by Gasteiger charge is -2.35. The molecule has 0 atom stereocenters. The van der Waals surface area contributed by atoms with E-state index in [-0.39, 0.29) is 30.2 Å². The van der Waals surface area contributed by atoms with Gasteiger partial charge in [0.05, 0.1) is 5.69 Å².